The lowest BCUT2D eigenvalue weighted by molar-refractivity contribution is -0.122. The van der Waals surface area contributed by atoms with E-state index in [1.54, 1.807) is 0 Å². The quantitative estimate of drug-likeness (QED) is 0.448. The Labute approximate surface area is 47.9 Å². The van der Waals surface area contributed by atoms with Crippen LogP contribution in [0.15, 0.2) is 0 Å². The normalized spacial score (nSPS) is 20.2. The van der Waals surface area contributed by atoms with Gasteiger partial charge >= 0.3 is 0 Å². The van der Waals surface area contributed by atoms with Gasteiger partial charge in [-0.2, -0.15) is 0 Å². The molecular weight excluding hydrogens is 108 g/mol. The highest BCUT2D eigenvalue weighted by Crippen LogP contribution is 2.33. The Hall–Kier alpha value is -0.570. The first-order valence-electron chi connectivity index (χ1n) is 2.42. The summed E-state index contributed by atoms with van der Waals surface area (Å²) in [6, 6.07) is 0. The minimum Gasteiger partial charge on any atom is -0.483 e. The van der Waals surface area contributed by atoms with Crippen LogP contribution in [0.1, 0.15) is 19.8 Å². The van der Waals surface area contributed by atoms with E-state index in [1.165, 1.54) is 0 Å². The Morgan fingerprint density at radius 2 is 1.75 bits per heavy atom. The summed E-state index contributed by atoms with van der Waals surface area (Å²) >= 11 is 0. The van der Waals surface area contributed by atoms with Gasteiger partial charge < -0.3 is 10.2 Å². The average molecular weight is 118 g/mol. The van der Waals surface area contributed by atoms with Crippen molar-refractivity contribution in [3.05, 3.63) is 0 Å². The number of aliphatic hydroxyl groups is 1. The van der Waals surface area contributed by atoms with Gasteiger partial charge in [-0.1, -0.05) is 0 Å². The van der Waals surface area contributed by atoms with Crippen molar-refractivity contribution in [1.29, 1.82) is 0 Å². The average Bonchev–Trinajstić information content (AvgIpc) is 2.22. The predicted molar refractivity (Wildman–Crippen MR) is 28.6 cm³/mol. The van der Waals surface area contributed by atoms with Gasteiger partial charge in [-0.05, 0) is 19.8 Å². The molecule has 0 spiro atoms. The van der Waals surface area contributed by atoms with E-state index in [1.807, 2.05) is 6.92 Å². The lowest BCUT2D eigenvalue weighted by Gasteiger charge is -1.86. The molecule has 0 amide bonds. The van der Waals surface area contributed by atoms with E-state index >= 15 is 0 Å². The molecule has 0 saturated heterocycles. The van der Waals surface area contributed by atoms with Gasteiger partial charge in [0.15, 0.2) is 0 Å². The van der Waals surface area contributed by atoms with Gasteiger partial charge in [0.05, 0.1) is 5.60 Å². The molecule has 1 saturated carbocycles. The summed E-state index contributed by atoms with van der Waals surface area (Å²) in [4.78, 5) is 8.36. The van der Waals surface area contributed by atoms with Crippen molar-refractivity contribution >= 4 is 6.47 Å². The van der Waals surface area contributed by atoms with Crippen LogP contribution < -0.4 is 0 Å². The monoisotopic (exact) mass is 118 g/mol. The molecule has 1 aliphatic carbocycles. The molecule has 0 aromatic rings. The number of rotatable bonds is 0. The molecule has 0 atom stereocenters. The summed E-state index contributed by atoms with van der Waals surface area (Å²) in [6.07, 6.45) is 2.01. The third kappa shape index (κ3) is 5.43. The zero-order valence-corrected chi connectivity index (χ0v) is 4.79. The summed E-state index contributed by atoms with van der Waals surface area (Å²) in [5.74, 6) is 0. The van der Waals surface area contributed by atoms with Crippen molar-refractivity contribution in [3.8, 4) is 0 Å². The van der Waals surface area contributed by atoms with E-state index < -0.39 is 0 Å². The summed E-state index contributed by atoms with van der Waals surface area (Å²) in [5, 5.41) is 15.5. The molecule has 1 fully saturated rings. The third-order valence-corrected chi connectivity index (χ3v) is 0.974. The summed E-state index contributed by atoms with van der Waals surface area (Å²) in [7, 11) is 0. The fourth-order valence-electron chi connectivity index (χ4n) is 0.181. The van der Waals surface area contributed by atoms with Gasteiger partial charge in [-0.25, -0.2) is 0 Å². The van der Waals surface area contributed by atoms with Crippen molar-refractivity contribution in [2.24, 2.45) is 0 Å². The third-order valence-electron chi connectivity index (χ3n) is 0.974. The van der Waals surface area contributed by atoms with Gasteiger partial charge in [-0.15, -0.1) is 0 Å². The number of hydrogen-bond acceptors (Lipinski definition) is 2. The highest BCUT2D eigenvalue weighted by Gasteiger charge is 2.33. The largest absolute Gasteiger partial charge is 0.483 e. The van der Waals surface area contributed by atoms with Crippen LogP contribution in [0.4, 0.5) is 0 Å². The molecule has 0 unspecified atom stereocenters. The van der Waals surface area contributed by atoms with Crippen LogP contribution in [0.2, 0.25) is 0 Å². The van der Waals surface area contributed by atoms with E-state index in [-0.39, 0.29) is 12.1 Å². The fraction of sp³-hybridized carbons (Fsp3) is 0.800. The molecule has 0 radical (unpaired) electrons. The predicted octanol–water partition coefficient (Wildman–Crippen LogP) is 0.232. The fourth-order valence-corrected chi connectivity index (χ4v) is 0.181. The smallest absolute Gasteiger partial charge is 0.290 e. The van der Waals surface area contributed by atoms with Crippen molar-refractivity contribution < 1.29 is 15.0 Å². The molecule has 48 valence electrons. The molecule has 0 aromatic carbocycles. The molecular formula is C5H10O3. The van der Waals surface area contributed by atoms with Gasteiger partial charge in [0.25, 0.3) is 6.47 Å². The Balaban J connectivity index is 0.000000145. The van der Waals surface area contributed by atoms with Crippen molar-refractivity contribution in [3.63, 3.8) is 0 Å². The van der Waals surface area contributed by atoms with E-state index in [9.17, 15) is 0 Å². The Kier molecular flexibility index (Phi) is 2.48. The molecule has 3 heteroatoms. The topological polar surface area (TPSA) is 57.5 Å². The van der Waals surface area contributed by atoms with Crippen molar-refractivity contribution in [2.75, 3.05) is 0 Å². The van der Waals surface area contributed by atoms with Crippen LogP contribution in [-0.2, 0) is 4.79 Å². The van der Waals surface area contributed by atoms with E-state index in [0.29, 0.717) is 0 Å². The molecule has 0 aliphatic heterocycles. The maximum atomic E-state index is 8.63. The SMILES string of the molecule is CC1(O)CC1.O=CO. The van der Waals surface area contributed by atoms with E-state index in [4.69, 9.17) is 15.0 Å². The zero-order chi connectivity index (χ0) is 6.62. The summed E-state index contributed by atoms with van der Waals surface area (Å²) < 4.78 is 0. The first-order chi connectivity index (χ1) is 3.62. The Morgan fingerprint density at radius 3 is 1.75 bits per heavy atom. The Morgan fingerprint density at radius 1 is 1.62 bits per heavy atom. The van der Waals surface area contributed by atoms with E-state index in [0.717, 1.165) is 12.8 Å². The molecule has 0 heterocycles. The molecule has 1 aliphatic rings. The minimum atomic E-state index is -0.250. The molecule has 0 aromatic heterocycles. The molecule has 0 bridgehead atoms. The second-order valence-corrected chi connectivity index (χ2v) is 2.10. The van der Waals surface area contributed by atoms with Gasteiger partial charge in [-0.3, -0.25) is 4.79 Å². The molecule has 3 nitrogen and oxygen atoms in total. The van der Waals surface area contributed by atoms with Crippen molar-refractivity contribution in [1.82, 2.24) is 0 Å². The minimum absolute atomic E-state index is 0.250. The highest BCUT2D eigenvalue weighted by atomic mass is 16.3. The van der Waals surface area contributed by atoms with Crippen LogP contribution >= 0.6 is 0 Å². The van der Waals surface area contributed by atoms with Gasteiger partial charge in [0.2, 0.25) is 0 Å². The molecule has 8 heavy (non-hydrogen) atoms. The molecule has 1 rings (SSSR count). The second-order valence-electron chi connectivity index (χ2n) is 2.10. The number of carbonyl (C=O) groups is 1. The Bertz CT molecular complexity index is 71.7. The number of hydrogen-bond donors (Lipinski definition) is 2. The van der Waals surface area contributed by atoms with Crippen LogP contribution in [0, 0.1) is 0 Å². The maximum Gasteiger partial charge on any atom is 0.290 e. The van der Waals surface area contributed by atoms with Crippen molar-refractivity contribution in [2.45, 2.75) is 25.4 Å². The lowest BCUT2D eigenvalue weighted by Crippen LogP contribution is -1.94. The van der Waals surface area contributed by atoms with Crippen LogP contribution in [0.3, 0.4) is 0 Å². The van der Waals surface area contributed by atoms with E-state index in [2.05, 4.69) is 0 Å². The second kappa shape index (κ2) is 2.67. The maximum absolute atomic E-state index is 8.63. The molecule has 2 N–H and O–H groups in total. The summed E-state index contributed by atoms with van der Waals surface area (Å²) in [6.45, 7) is 1.60. The first kappa shape index (κ1) is 7.43. The summed E-state index contributed by atoms with van der Waals surface area (Å²) in [5.41, 5.74) is -0.250. The lowest BCUT2D eigenvalue weighted by atomic mass is 10.4. The van der Waals surface area contributed by atoms with Crippen LogP contribution in [0.25, 0.3) is 0 Å². The zero-order valence-electron chi connectivity index (χ0n) is 4.79. The van der Waals surface area contributed by atoms with Crippen LogP contribution in [0.5, 0.6) is 0 Å². The number of carboxylic acid groups (broad SMARTS) is 1. The van der Waals surface area contributed by atoms with Gasteiger partial charge in [0.1, 0.15) is 0 Å². The standard InChI is InChI=1S/C4H8O.CH2O2/c1-4(5)2-3-4;2-1-3/h5H,2-3H2,1H3;1H,(H,2,3). The highest BCUT2D eigenvalue weighted by molar-refractivity contribution is 5.32. The van der Waals surface area contributed by atoms with Crippen LogP contribution in [-0.4, -0.2) is 22.3 Å². The van der Waals surface area contributed by atoms with Gasteiger partial charge in [0, 0.05) is 0 Å². The first-order valence-corrected chi connectivity index (χ1v) is 2.42.